The van der Waals surface area contributed by atoms with Gasteiger partial charge in [0.1, 0.15) is 12.4 Å². The van der Waals surface area contributed by atoms with Gasteiger partial charge in [-0.15, -0.1) is 0 Å². The van der Waals surface area contributed by atoms with E-state index in [0.717, 1.165) is 11.1 Å². The second kappa shape index (κ2) is 8.85. The van der Waals surface area contributed by atoms with Crippen LogP contribution in [0.5, 0.6) is 5.75 Å². The number of nitro groups is 1. The predicted octanol–water partition coefficient (Wildman–Crippen LogP) is 5.89. The minimum Gasteiger partial charge on any atom is -0.488 e. The number of para-hydroxylation sites is 1. The summed E-state index contributed by atoms with van der Waals surface area (Å²) in [7, 11) is 0. The number of halogens is 1. The Labute approximate surface area is 167 Å². The van der Waals surface area contributed by atoms with Gasteiger partial charge in [0.2, 0.25) is 0 Å². The standard InChI is InChI=1S/C22H15ClN2O3/c23-21-7-3-2-6-20(21)18(14-24)13-17-5-1-4-8-22(17)28-15-16-9-11-19(12-10-16)25(26)27/h1-13H,15H2. The lowest BCUT2D eigenvalue weighted by Gasteiger charge is -2.10. The second-order valence-electron chi connectivity index (χ2n) is 5.90. The Bertz CT molecular complexity index is 1070. The molecular formula is C22H15ClN2O3. The number of non-ortho nitro benzene ring substituents is 1. The summed E-state index contributed by atoms with van der Waals surface area (Å²) in [6.07, 6.45) is 1.73. The lowest BCUT2D eigenvalue weighted by atomic mass is 10.0. The van der Waals surface area contributed by atoms with Crippen molar-refractivity contribution in [3.05, 3.63) is 105 Å². The average molecular weight is 391 g/mol. The van der Waals surface area contributed by atoms with Gasteiger partial charge in [-0.05, 0) is 35.9 Å². The fraction of sp³-hybridized carbons (Fsp3) is 0.0455. The van der Waals surface area contributed by atoms with Crippen LogP contribution in [0.25, 0.3) is 11.6 Å². The van der Waals surface area contributed by atoms with E-state index in [1.807, 2.05) is 30.3 Å². The van der Waals surface area contributed by atoms with Crippen molar-refractivity contribution in [3.8, 4) is 11.8 Å². The zero-order valence-electron chi connectivity index (χ0n) is 14.7. The molecule has 3 aromatic rings. The summed E-state index contributed by atoms with van der Waals surface area (Å²) in [5.74, 6) is 0.598. The first-order valence-corrected chi connectivity index (χ1v) is 8.78. The highest BCUT2D eigenvalue weighted by Gasteiger charge is 2.09. The van der Waals surface area contributed by atoms with Gasteiger partial charge in [0.05, 0.1) is 16.6 Å². The van der Waals surface area contributed by atoms with Crippen molar-refractivity contribution in [2.75, 3.05) is 0 Å². The molecule has 0 aliphatic carbocycles. The van der Waals surface area contributed by atoms with E-state index >= 15 is 0 Å². The van der Waals surface area contributed by atoms with Gasteiger partial charge in [-0.1, -0.05) is 48.0 Å². The molecule has 0 saturated carbocycles. The van der Waals surface area contributed by atoms with Crippen LogP contribution in [-0.4, -0.2) is 4.92 Å². The van der Waals surface area contributed by atoms with Gasteiger partial charge < -0.3 is 4.74 Å². The lowest BCUT2D eigenvalue weighted by Crippen LogP contribution is -1.97. The molecule has 6 heteroatoms. The maximum absolute atomic E-state index is 10.7. The summed E-state index contributed by atoms with van der Waals surface area (Å²) in [5, 5.41) is 20.8. The molecule has 0 aliphatic rings. The Morgan fingerprint density at radius 3 is 2.43 bits per heavy atom. The third-order valence-corrected chi connectivity index (χ3v) is 4.37. The average Bonchev–Trinajstić information content (AvgIpc) is 2.72. The Balaban J connectivity index is 1.84. The van der Waals surface area contributed by atoms with Crippen LogP contribution in [0.2, 0.25) is 5.02 Å². The fourth-order valence-electron chi connectivity index (χ4n) is 2.61. The summed E-state index contributed by atoms with van der Waals surface area (Å²) in [6.45, 7) is 0.247. The monoisotopic (exact) mass is 390 g/mol. The van der Waals surface area contributed by atoms with Gasteiger partial charge in [0.15, 0.2) is 0 Å². The SMILES string of the molecule is N#CC(=Cc1ccccc1OCc1ccc([N+](=O)[O-])cc1)c1ccccc1Cl. The van der Waals surface area contributed by atoms with Gasteiger partial charge in [-0.3, -0.25) is 10.1 Å². The minimum atomic E-state index is -0.442. The number of hydrogen-bond acceptors (Lipinski definition) is 4. The topological polar surface area (TPSA) is 76.2 Å². The van der Waals surface area contributed by atoms with E-state index in [0.29, 0.717) is 21.9 Å². The summed E-state index contributed by atoms with van der Waals surface area (Å²) < 4.78 is 5.88. The number of rotatable bonds is 6. The second-order valence-corrected chi connectivity index (χ2v) is 6.31. The molecule has 0 radical (unpaired) electrons. The first kappa shape index (κ1) is 19.2. The Kier molecular flexibility index (Phi) is 6.05. The molecule has 0 heterocycles. The van der Waals surface area contributed by atoms with E-state index in [4.69, 9.17) is 16.3 Å². The van der Waals surface area contributed by atoms with Crippen LogP contribution in [-0.2, 0) is 6.61 Å². The zero-order chi connectivity index (χ0) is 19.9. The molecule has 0 aliphatic heterocycles. The number of nitrogens with zero attached hydrogens (tertiary/aromatic N) is 2. The normalized spacial score (nSPS) is 10.9. The molecule has 138 valence electrons. The van der Waals surface area contributed by atoms with E-state index in [1.54, 1.807) is 36.4 Å². The van der Waals surface area contributed by atoms with Crippen molar-refractivity contribution in [3.63, 3.8) is 0 Å². The van der Waals surface area contributed by atoms with Crippen LogP contribution >= 0.6 is 11.6 Å². The molecule has 0 amide bonds. The Hall–Kier alpha value is -3.62. The van der Waals surface area contributed by atoms with Crippen LogP contribution in [0.15, 0.2) is 72.8 Å². The van der Waals surface area contributed by atoms with E-state index in [1.165, 1.54) is 12.1 Å². The van der Waals surface area contributed by atoms with Crippen molar-refractivity contribution >= 4 is 28.9 Å². The zero-order valence-corrected chi connectivity index (χ0v) is 15.5. The van der Waals surface area contributed by atoms with Crippen molar-refractivity contribution in [2.24, 2.45) is 0 Å². The van der Waals surface area contributed by atoms with Gasteiger partial charge in [0.25, 0.3) is 5.69 Å². The van der Waals surface area contributed by atoms with Gasteiger partial charge >= 0.3 is 0 Å². The summed E-state index contributed by atoms with van der Waals surface area (Å²) >= 11 is 6.21. The van der Waals surface area contributed by atoms with E-state index in [9.17, 15) is 15.4 Å². The van der Waals surface area contributed by atoms with Crippen LogP contribution in [0.3, 0.4) is 0 Å². The van der Waals surface area contributed by atoms with Gasteiger partial charge in [-0.2, -0.15) is 5.26 Å². The predicted molar refractivity (Wildman–Crippen MR) is 109 cm³/mol. The third-order valence-electron chi connectivity index (χ3n) is 4.04. The van der Waals surface area contributed by atoms with Crippen molar-refractivity contribution in [1.29, 1.82) is 5.26 Å². The number of allylic oxidation sites excluding steroid dienone is 1. The first-order valence-electron chi connectivity index (χ1n) is 8.40. The lowest BCUT2D eigenvalue weighted by molar-refractivity contribution is -0.384. The molecule has 0 unspecified atom stereocenters. The molecule has 5 nitrogen and oxygen atoms in total. The molecule has 3 aromatic carbocycles. The summed E-state index contributed by atoms with van der Waals surface area (Å²) in [4.78, 5) is 10.3. The molecule has 0 aromatic heterocycles. The Morgan fingerprint density at radius 1 is 1.07 bits per heavy atom. The molecule has 0 fully saturated rings. The van der Waals surface area contributed by atoms with Gasteiger partial charge in [-0.25, -0.2) is 0 Å². The number of ether oxygens (including phenoxy) is 1. The fourth-order valence-corrected chi connectivity index (χ4v) is 2.85. The molecule has 28 heavy (non-hydrogen) atoms. The molecule has 0 N–H and O–H groups in total. The van der Waals surface area contributed by atoms with E-state index < -0.39 is 4.92 Å². The Morgan fingerprint density at radius 2 is 1.75 bits per heavy atom. The highest BCUT2D eigenvalue weighted by Crippen LogP contribution is 2.28. The minimum absolute atomic E-state index is 0.0329. The van der Waals surface area contributed by atoms with Crippen molar-refractivity contribution in [1.82, 2.24) is 0 Å². The van der Waals surface area contributed by atoms with Crippen LogP contribution < -0.4 is 4.74 Å². The quantitative estimate of drug-likeness (QED) is 0.227. The molecule has 3 rings (SSSR count). The maximum Gasteiger partial charge on any atom is 0.269 e. The summed E-state index contributed by atoms with van der Waals surface area (Å²) in [5.41, 5.74) is 2.65. The molecule has 0 atom stereocenters. The smallest absolute Gasteiger partial charge is 0.269 e. The highest BCUT2D eigenvalue weighted by atomic mass is 35.5. The third kappa shape index (κ3) is 4.56. The number of nitro benzene ring substituents is 1. The number of benzene rings is 3. The van der Waals surface area contributed by atoms with E-state index in [2.05, 4.69) is 6.07 Å². The maximum atomic E-state index is 10.7. The largest absolute Gasteiger partial charge is 0.488 e. The molecule has 0 bridgehead atoms. The van der Waals surface area contributed by atoms with Crippen LogP contribution in [0, 0.1) is 21.4 Å². The van der Waals surface area contributed by atoms with Crippen molar-refractivity contribution < 1.29 is 9.66 Å². The highest BCUT2D eigenvalue weighted by molar-refractivity contribution is 6.32. The number of hydrogen-bond donors (Lipinski definition) is 0. The molecular weight excluding hydrogens is 376 g/mol. The van der Waals surface area contributed by atoms with Crippen LogP contribution in [0.1, 0.15) is 16.7 Å². The van der Waals surface area contributed by atoms with Gasteiger partial charge in [0, 0.05) is 28.3 Å². The van der Waals surface area contributed by atoms with E-state index in [-0.39, 0.29) is 12.3 Å². The van der Waals surface area contributed by atoms with Crippen LogP contribution in [0.4, 0.5) is 5.69 Å². The first-order chi connectivity index (χ1) is 13.6. The molecule has 0 saturated heterocycles. The number of nitriles is 1. The molecule has 0 spiro atoms. The summed E-state index contributed by atoms with van der Waals surface area (Å²) in [6, 6.07) is 22.9. The van der Waals surface area contributed by atoms with Crippen molar-refractivity contribution in [2.45, 2.75) is 6.61 Å².